The largest absolute Gasteiger partial charge is 0.352 e. The van der Waals surface area contributed by atoms with Crippen LogP contribution in [0.15, 0.2) is 11.1 Å². The summed E-state index contributed by atoms with van der Waals surface area (Å²) < 4.78 is 0. The summed E-state index contributed by atoms with van der Waals surface area (Å²) in [6, 6.07) is 0. The van der Waals surface area contributed by atoms with Crippen molar-refractivity contribution < 1.29 is 9.59 Å². The molecule has 0 aromatic rings. The van der Waals surface area contributed by atoms with E-state index in [0.29, 0.717) is 18.7 Å². The molecule has 4 nitrogen and oxygen atoms in total. The van der Waals surface area contributed by atoms with E-state index in [4.69, 9.17) is 0 Å². The van der Waals surface area contributed by atoms with Crippen molar-refractivity contribution in [2.75, 3.05) is 13.1 Å². The van der Waals surface area contributed by atoms with E-state index < -0.39 is 0 Å². The Hall–Kier alpha value is -1.32. The van der Waals surface area contributed by atoms with Crippen molar-refractivity contribution >= 4 is 11.8 Å². The molecule has 2 aliphatic rings. The van der Waals surface area contributed by atoms with Crippen LogP contribution in [0.2, 0.25) is 0 Å². The van der Waals surface area contributed by atoms with Gasteiger partial charge in [0.15, 0.2) is 0 Å². The second-order valence-corrected chi connectivity index (χ2v) is 5.05. The predicted molar refractivity (Wildman–Crippen MR) is 56.1 cm³/mol. The molecule has 0 unspecified atom stereocenters. The van der Waals surface area contributed by atoms with E-state index >= 15 is 0 Å². The first-order chi connectivity index (χ1) is 6.91. The van der Waals surface area contributed by atoms with Crippen LogP contribution in [0, 0.1) is 0 Å². The highest BCUT2D eigenvalue weighted by Gasteiger charge is 2.40. The first-order valence-corrected chi connectivity index (χ1v) is 5.23. The first-order valence-electron chi connectivity index (χ1n) is 5.23. The Morgan fingerprint density at radius 3 is 2.47 bits per heavy atom. The lowest BCUT2D eigenvalue weighted by Crippen LogP contribution is -2.44. The van der Waals surface area contributed by atoms with Gasteiger partial charge in [-0.25, -0.2) is 0 Å². The topological polar surface area (TPSA) is 49.4 Å². The Morgan fingerprint density at radius 1 is 1.27 bits per heavy atom. The number of hydrogen-bond donors (Lipinski definition) is 1. The maximum atomic E-state index is 12.0. The zero-order valence-electron chi connectivity index (χ0n) is 9.39. The van der Waals surface area contributed by atoms with E-state index in [1.54, 1.807) is 4.90 Å². The minimum atomic E-state index is -0.214. The first kappa shape index (κ1) is 10.2. The lowest BCUT2D eigenvalue weighted by molar-refractivity contribution is -0.131. The van der Waals surface area contributed by atoms with E-state index in [-0.39, 0.29) is 17.4 Å². The second kappa shape index (κ2) is 3.08. The van der Waals surface area contributed by atoms with Crippen LogP contribution in [0.4, 0.5) is 0 Å². The molecule has 0 aliphatic carbocycles. The van der Waals surface area contributed by atoms with Gasteiger partial charge in [-0.1, -0.05) is 0 Å². The van der Waals surface area contributed by atoms with Gasteiger partial charge in [0.25, 0.3) is 11.8 Å². The Balaban J connectivity index is 2.32. The molecule has 0 saturated carbocycles. The Kier molecular flexibility index (Phi) is 2.10. The fraction of sp³-hybridized carbons (Fsp3) is 0.636. The van der Waals surface area contributed by atoms with Crippen molar-refractivity contribution in [1.29, 1.82) is 0 Å². The summed E-state index contributed by atoms with van der Waals surface area (Å²) in [6.07, 6.45) is 0.805. The number of nitrogens with one attached hydrogen (secondary N) is 1. The summed E-state index contributed by atoms with van der Waals surface area (Å²) in [5, 5.41) is 2.71. The lowest BCUT2D eigenvalue weighted by Gasteiger charge is -2.32. The van der Waals surface area contributed by atoms with E-state index in [1.165, 1.54) is 0 Å². The molecule has 2 aliphatic heterocycles. The highest BCUT2D eigenvalue weighted by molar-refractivity contribution is 6.21. The maximum Gasteiger partial charge on any atom is 0.260 e. The molecular weight excluding hydrogens is 192 g/mol. The predicted octanol–water partition coefficient (Wildman–Crippen LogP) is 0.444. The van der Waals surface area contributed by atoms with Crippen molar-refractivity contribution in [2.24, 2.45) is 0 Å². The van der Waals surface area contributed by atoms with Crippen LogP contribution in [0.5, 0.6) is 0 Å². The van der Waals surface area contributed by atoms with Crippen molar-refractivity contribution in [2.45, 2.75) is 32.7 Å². The number of hydrogen-bond acceptors (Lipinski definition) is 2. The Bertz CT molecular complexity index is 363. The average Bonchev–Trinajstić information content (AvgIpc) is 2.44. The standard InChI is InChI=1S/C11H16N2O2/c1-11(2,3)13-6-7-4-5-12-9(14)8(7)10(13)15/h4-6H2,1-3H3,(H,12,14). The van der Waals surface area contributed by atoms with Crippen LogP contribution in [-0.2, 0) is 9.59 Å². The third-order valence-corrected chi connectivity index (χ3v) is 2.91. The smallest absolute Gasteiger partial charge is 0.260 e. The average molecular weight is 208 g/mol. The summed E-state index contributed by atoms with van der Waals surface area (Å²) >= 11 is 0. The van der Waals surface area contributed by atoms with Gasteiger partial charge in [0.2, 0.25) is 0 Å². The van der Waals surface area contributed by atoms with Crippen LogP contribution in [-0.4, -0.2) is 35.3 Å². The molecular formula is C11H16N2O2. The van der Waals surface area contributed by atoms with E-state index in [2.05, 4.69) is 5.32 Å². The molecule has 4 heteroatoms. The number of amides is 2. The van der Waals surface area contributed by atoms with Crippen LogP contribution < -0.4 is 5.32 Å². The van der Waals surface area contributed by atoms with Gasteiger partial charge in [-0.2, -0.15) is 0 Å². The molecule has 2 amide bonds. The molecule has 0 bridgehead atoms. The summed E-state index contributed by atoms with van der Waals surface area (Å²) in [4.78, 5) is 25.3. The maximum absolute atomic E-state index is 12.0. The molecule has 2 rings (SSSR count). The zero-order chi connectivity index (χ0) is 11.2. The number of nitrogens with zero attached hydrogens (tertiary/aromatic N) is 1. The van der Waals surface area contributed by atoms with Gasteiger partial charge in [0.1, 0.15) is 5.57 Å². The third kappa shape index (κ3) is 1.54. The second-order valence-electron chi connectivity index (χ2n) is 5.05. The third-order valence-electron chi connectivity index (χ3n) is 2.91. The fourth-order valence-electron chi connectivity index (χ4n) is 2.05. The molecule has 0 aromatic carbocycles. The zero-order valence-corrected chi connectivity index (χ0v) is 9.39. The fourth-order valence-corrected chi connectivity index (χ4v) is 2.05. The van der Waals surface area contributed by atoms with Gasteiger partial charge in [-0.3, -0.25) is 9.59 Å². The molecule has 0 aromatic heterocycles. The van der Waals surface area contributed by atoms with E-state index in [9.17, 15) is 9.59 Å². The Morgan fingerprint density at radius 2 is 1.93 bits per heavy atom. The van der Waals surface area contributed by atoms with Crippen molar-refractivity contribution in [3.63, 3.8) is 0 Å². The van der Waals surface area contributed by atoms with Gasteiger partial charge >= 0.3 is 0 Å². The van der Waals surface area contributed by atoms with E-state index in [1.807, 2.05) is 20.8 Å². The van der Waals surface area contributed by atoms with Gasteiger partial charge in [0, 0.05) is 18.6 Å². The monoisotopic (exact) mass is 208 g/mol. The Labute approximate surface area is 89.3 Å². The van der Waals surface area contributed by atoms with Gasteiger partial charge in [-0.05, 0) is 32.8 Å². The normalized spacial score (nSPS) is 21.9. The van der Waals surface area contributed by atoms with Crippen molar-refractivity contribution in [1.82, 2.24) is 10.2 Å². The molecule has 0 atom stereocenters. The lowest BCUT2D eigenvalue weighted by atomic mass is 10.0. The summed E-state index contributed by atoms with van der Waals surface area (Å²) in [5.41, 5.74) is 1.17. The molecule has 15 heavy (non-hydrogen) atoms. The summed E-state index contributed by atoms with van der Waals surface area (Å²) in [5.74, 6) is -0.317. The molecule has 82 valence electrons. The van der Waals surface area contributed by atoms with Crippen LogP contribution >= 0.6 is 0 Å². The van der Waals surface area contributed by atoms with Crippen LogP contribution in [0.25, 0.3) is 0 Å². The molecule has 0 fully saturated rings. The van der Waals surface area contributed by atoms with Gasteiger partial charge in [-0.15, -0.1) is 0 Å². The molecule has 0 saturated heterocycles. The molecule has 0 spiro atoms. The molecule has 2 heterocycles. The van der Waals surface area contributed by atoms with Gasteiger partial charge in [0.05, 0.1) is 0 Å². The summed E-state index contributed by atoms with van der Waals surface area (Å²) in [7, 11) is 0. The van der Waals surface area contributed by atoms with Crippen LogP contribution in [0.1, 0.15) is 27.2 Å². The van der Waals surface area contributed by atoms with Crippen molar-refractivity contribution in [3.8, 4) is 0 Å². The minimum absolute atomic E-state index is 0.116. The SMILES string of the molecule is CC(C)(C)N1CC2=C(C(=O)NCC2)C1=O. The minimum Gasteiger partial charge on any atom is -0.352 e. The highest BCUT2D eigenvalue weighted by atomic mass is 16.2. The summed E-state index contributed by atoms with van der Waals surface area (Å²) in [6.45, 7) is 7.23. The van der Waals surface area contributed by atoms with Crippen molar-refractivity contribution in [3.05, 3.63) is 11.1 Å². The highest BCUT2D eigenvalue weighted by Crippen LogP contribution is 2.29. The number of carbonyl (C=O) groups is 2. The number of rotatable bonds is 0. The van der Waals surface area contributed by atoms with Gasteiger partial charge < -0.3 is 10.2 Å². The van der Waals surface area contributed by atoms with Crippen LogP contribution in [0.3, 0.4) is 0 Å². The molecule has 1 N–H and O–H groups in total. The quantitative estimate of drug-likeness (QED) is 0.587. The molecule has 0 radical (unpaired) electrons. The van der Waals surface area contributed by atoms with E-state index in [0.717, 1.165) is 12.0 Å². The number of carbonyl (C=O) groups excluding carboxylic acids is 2.